The average molecular weight is 814 g/mol. The topological polar surface area (TPSA) is 194 Å². The summed E-state index contributed by atoms with van der Waals surface area (Å²) in [5, 5.41) is 13.6. The molecule has 3 aromatic carbocycles. The predicted molar refractivity (Wildman–Crippen MR) is 222 cm³/mol. The lowest BCUT2D eigenvalue weighted by atomic mass is 9.70. The van der Waals surface area contributed by atoms with Crippen molar-refractivity contribution < 1.29 is 38.2 Å². The highest BCUT2D eigenvalue weighted by Gasteiger charge is 2.46. The van der Waals surface area contributed by atoms with Crippen molar-refractivity contribution in [1.29, 1.82) is 0 Å². The average Bonchev–Trinajstić information content (AvgIpc) is 3.92. The molecule has 1 saturated heterocycles. The van der Waals surface area contributed by atoms with Crippen LogP contribution in [-0.4, -0.2) is 101 Å². The third-order valence-corrected chi connectivity index (χ3v) is 11.6. The van der Waals surface area contributed by atoms with Gasteiger partial charge in [0.05, 0.1) is 49.3 Å². The van der Waals surface area contributed by atoms with E-state index in [9.17, 15) is 28.8 Å². The van der Waals surface area contributed by atoms with E-state index in [1.165, 1.54) is 0 Å². The fourth-order valence-corrected chi connectivity index (χ4v) is 8.49. The molecule has 3 aliphatic rings. The Labute approximate surface area is 346 Å². The number of carbonyl (C=O) groups is 6. The molecule has 8 rings (SSSR count). The first-order chi connectivity index (χ1) is 28.9. The van der Waals surface area contributed by atoms with Crippen LogP contribution in [0.15, 0.2) is 60.9 Å². The number of H-pyrrole nitrogens is 1. The molecule has 0 radical (unpaired) electrons. The molecule has 60 heavy (non-hydrogen) atoms. The number of ketones is 1. The summed E-state index contributed by atoms with van der Waals surface area (Å²) in [6, 6.07) is 14.1. The number of aryl methyl sites for hydroxylation is 2. The molecule has 310 valence electrons. The summed E-state index contributed by atoms with van der Waals surface area (Å²) in [7, 11) is 0. The molecule has 1 fully saturated rings. The second-order valence-corrected chi connectivity index (χ2v) is 15.9. The van der Waals surface area contributed by atoms with Crippen molar-refractivity contribution in [1.82, 2.24) is 30.3 Å². The summed E-state index contributed by atoms with van der Waals surface area (Å²) in [4.78, 5) is 81.6. The SMILES string of the molecule is CCc1cc2c(cc1-c1cnn(CC(=O)NCCOCCOCCNc3cccc4c3C(=O)N(C3CCC(=O)NC3=O)C4=O)c1)C(C)(C)c1[nH]c3cc(C)ccc3c1C2=O. The molecule has 15 heteroatoms. The van der Waals surface area contributed by atoms with Crippen LogP contribution in [0.2, 0.25) is 0 Å². The highest BCUT2D eigenvalue weighted by molar-refractivity contribution is 6.25. The molecule has 1 aliphatic carbocycles. The zero-order chi connectivity index (χ0) is 42.3. The van der Waals surface area contributed by atoms with Crippen molar-refractivity contribution in [3.8, 4) is 11.1 Å². The smallest absolute Gasteiger partial charge is 0.264 e. The molecule has 0 saturated carbocycles. The number of aromatic amines is 1. The highest BCUT2D eigenvalue weighted by Crippen LogP contribution is 2.46. The molecule has 4 N–H and O–H groups in total. The van der Waals surface area contributed by atoms with Crippen LogP contribution in [0.1, 0.15) is 92.6 Å². The zero-order valence-electron chi connectivity index (χ0n) is 34.0. The largest absolute Gasteiger partial charge is 0.382 e. The normalized spacial score (nSPS) is 16.8. The lowest BCUT2D eigenvalue weighted by molar-refractivity contribution is -0.136. The van der Waals surface area contributed by atoms with Crippen molar-refractivity contribution >= 4 is 51.9 Å². The van der Waals surface area contributed by atoms with Gasteiger partial charge in [0.25, 0.3) is 11.8 Å². The third-order valence-electron chi connectivity index (χ3n) is 11.6. The Balaban J connectivity index is 0.775. The van der Waals surface area contributed by atoms with Gasteiger partial charge in [-0.05, 0) is 72.4 Å². The molecule has 0 bridgehead atoms. The van der Waals surface area contributed by atoms with Crippen LogP contribution in [0.5, 0.6) is 0 Å². The van der Waals surface area contributed by atoms with Crippen molar-refractivity contribution in [2.24, 2.45) is 0 Å². The van der Waals surface area contributed by atoms with Gasteiger partial charge in [0.2, 0.25) is 17.7 Å². The molecule has 2 aromatic heterocycles. The molecule has 5 amide bonds. The van der Waals surface area contributed by atoms with Crippen LogP contribution >= 0.6 is 0 Å². The lowest BCUT2D eigenvalue weighted by Crippen LogP contribution is -2.54. The monoisotopic (exact) mass is 813 g/mol. The number of carbonyl (C=O) groups excluding carboxylic acids is 6. The van der Waals surface area contributed by atoms with Gasteiger partial charge in [-0.3, -0.25) is 43.7 Å². The van der Waals surface area contributed by atoms with Crippen molar-refractivity contribution in [3.05, 3.63) is 106 Å². The number of imide groups is 2. The van der Waals surface area contributed by atoms with E-state index < -0.39 is 35.1 Å². The van der Waals surface area contributed by atoms with E-state index in [0.717, 1.165) is 66.9 Å². The van der Waals surface area contributed by atoms with E-state index in [0.29, 0.717) is 38.6 Å². The Bertz CT molecular complexity index is 2590. The number of ether oxygens (including phenoxy) is 2. The summed E-state index contributed by atoms with van der Waals surface area (Å²) in [5.74, 6) is -2.41. The maximum atomic E-state index is 14.0. The molecular formula is C45H47N7O8. The fourth-order valence-electron chi connectivity index (χ4n) is 8.49. The number of aromatic nitrogens is 3. The van der Waals surface area contributed by atoms with E-state index in [2.05, 4.69) is 58.9 Å². The lowest BCUT2D eigenvalue weighted by Gasteiger charge is -2.33. The Morgan fingerprint density at radius 2 is 1.70 bits per heavy atom. The van der Waals surface area contributed by atoms with Crippen molar-refractivity contribution in [3.63, 3.8) is 0 Å². The third kappa shape index (κ3) is 7.39. The maximum absolute atomic E-state index is 14.0. The van der Waals surface area contributed by atoms with Crippen LogP contribution in [0.3, 0.4) is 0 Å². The molecule has 5 aromatic rings. The Hall–Kier alpha value is -6.45. The molecule has 0 spiro atoms. The minimum Gasteiger partial charge on any atom is -0.382 e. The van der Waals surface area contributed by atoms with Crippen LogP contribution in [-0.2, 0) is 42.2 Å². The van der Waals surface area contributed by atoms with Gasteiger partial charge in [0, 0.05) is 64.5 Å². The van der Waals surface area contributed by atoms with E-state index >= 15 is 0 Å². The molecule has 1 atom stereocenters. The van der Waals surface area contributed by atoms with Gasteiger partial charge in [-0.2, -0.15) is 5.10 Å². The van der Waals surface area contributed by atoms with Gasteiger partial charge in [-0.15, -0.1) is 0 Å². The standard InChI is InChI=1S/C45H47N7O8/c1-5-26-20-31-32(45(3,4)41-39(40(31)55)28-10-9-25(2)19-34(28)49-41)21-30(26)27-22-48-51(23-27)24-37(54)47-14-16-60-18-17-59-15-13-46-33-8-6-7-29-38(33)44(58)52(43(29)57)35-11-12-36(53)50-42(35)56/h6-10,19-23,35,46,49H,5,11-18,24H2,1-4H3,(H,47,54)(H,50,53,56). The number of benzene rings is 3. The molecule has 1 unspecified atom stereocenters. The van der Waals surface area contributed by atoms with Crippen LogP contribution < -0.4 is 16.0 Å². The number of nitrogens with one attached hydrogen (secondary N) is 4. The van der Waals surface area contributed by atoms with Crippen LogP contribution in [0.25, 0.3) is 22.0 Å². The summed E-state index contributed by atoms with van der Waals surface area (Å²) in [6.45, 7) is 10.3. The number of anilines is 1. The van der Waals surface area contributed by atoms with Gasteiger partial charge < -0.3 is 25.1 Å². The zero-order valence-corrected chi connectivity index (χ0v) is 34.0. The summed E-state index contributed by atoms with van der Waals surface area (Å²) >= 11 is 0. The number of hydrogen-bond donors (Lipinski definition) is 4. The van der Waals surface area contributed by atoms with Gasteiger partial charge >= 0.3 is 0 Å². The molecule has 4 heterocycles. The van der Waals surface area contributed by atoms with Gasteiger partial charge in [0.1, 0.15) is 12.6 Å². The van der Waals surface area contributed by atoms with Crippen molar-refractivity contribution in [2.75, 3.05) is 44.8 Å². The highest BCUT2D eigenvalue weighted by atomic mass is 16.5. The number of piperidine rings is 1. The second-order valence-electron chi connectivity index (χ2n) is 15.9. The van der Waals surface area contributed by atoms with E-state index in [4.69, 9.17) is 9.47 Å². The van der Waals surface area contributed by atoms with Crippen molar-refractivity contribution in [2.45, 2.75) is 65.0 Å². The van der Waals surface area contributed by atoms with Gasteiger partial charge in [-0.25, -0.2) is 0 Å². The fraction of sp³-hybridized carbons (Fsp3) is 0.356. The number of amides is 5. The number of nitrogens with zero attached hydrogens (tertiary/aromatic N) is 3. The summed E-state index contributed by atoms with van der Waals surface area (Å²) in [6.07, 6.45) is 4.47. The Morgan fingerprint density at radius 1 is 0.917 bits per heavy atom. The summed E-state index contributed by atoms with van der Waals surface area (Å²) in [5.41, 5.74) is 8.71. The number of hydrogen-bond acceptors (Lipinski definition) is 10. The molecule has 15 nitrogen and oxygen atoms in total. The first-order valence-corrected chi connectivity index (χ1v) is 20.3. The Kier molecular flexibility index (Phi) is 11.0. The predicted octanol–water partition coefficient (Wildman–Crippen LogP) is 4.44. The van der Waals surface area contributed by atoms with Crippen LogP contribution in [0, 0.1) is 6.92 Å². The maximum Gasteiger partial charge on any atom is 0.264 e. The number of rotatable bonds is 15. The van der Waals surface area contributed by atoms with E-state index in [1.54, 1.807) is 29.1 Å². The Morgan fingerprint density at radius 3 is 2.47 bits per heavy atom. The van der Waals surface area contributed by atoms with Gasteiger partial charge in [-0.1, -0.05) is 39.0 Å². The van der Waals surface area contributed by atoms with E-state index in [1.807, 2.05) is 31.3 Å². The first-order valence-electron chi connectivity index (χ1n) is 20.3. The molecule has 2 aliphatic heterocycles. The number of fused-ring (bicyclic) bond motifs is 5. The quantitative estimate of drug-likeness (QED) is 0.0868. The summed E-state index contributed by atoms with van der Waals surface area (Å²) < 4.78 is 12.9. The minimum absolute atomic E-state index is 0.0300. The molecular weight excluding hydrogens is 767 g/mol. The first kappa shape index (κ1) is 40.3. The van der Waals surface area contributed by atoms with Gasteiger partial charge in [0.15, 0.2) is 5.78 Å². The van der Waals surface area contributed by atoms with Crippen LogP contribution in [0.4, 0.5) is 5.69 Å². The van der Waals surface area contributed by atoms with E-state index in [-0.39, 0.29) is 48.8 Å². The second kappa shape index (κ2) is 16.3. The minimum atomic E-state index is -1.03.